The van der Waals surface area contributed by atoms with Crippen LogP contribution in [0.15, 0.2) is 53.5 Å². The Kier molecular flexibility index (Phi) is 11.3. The summed E-state index contributed by atoms with van der Waals surface area (Å²) in [4.78, 5) is 80.2. The van der Waals surface area contributed by atoms with Crippen LogP contribution in [0.25, 0.3) is 10.9 Å². The largest absolute Gasteiger partial charge is 0.478 e. The van der Waals surface area contributed by atoms with Crippen molar-refractivity contribution in [2.75, 3.05) is 74.6 Å². The van der Waals surface area contributed by atoms with Crippen molar-refractivity contribution in [1.29, 1.82) is 0 Å². The van der Waals surface area contributed by atoms with Gasteiger partial charge in [-0.25, -0.2) is 9.37 Å². The summed E-state index contributed by atoms with van der Waals surface area (Å²) in [5, 5.41) is 9.19. The number of pyridine rings is 1. The molecular weight excluding hydrogens is 831 g/mol. The van der Waals surface area contributed by atoms with E-state index in [1.54, 1.807) is 15.5 Å². The molecule has 9 rings (SSSR count). The van der Waals surface area contributed by atoms with Gasteiger partial charge < -0.3 is 39.5 Å². The normalized spacial score (nSPS) is 20.8. The molecule has 63 heavy (non-hydrogen) atoms. The van der Waals surface area contributed by atoms with Crippen LogP contribution in [0.2, 0.25) is 5.02 Å². The topological polar surface area (TPSA) is 174 Å². The number of nitrogens with one attached hydrogen (secondary N) is 3. The Balaban J connectivity index is 0.786. The van der Waals surface area contributed by atoms with Crippen LogP contribution < -0.4 is 36.0 Å². The van der Waals surface area contributed by atoms with Crippen LogP contribution in [0.1, 0.15) is 74.3 Å². The Hall–Kier alpha value is -5.81. The fraction of sp³-hybridized carbons (Fsp3) is 0.489. The quantitative estimate of drug-likeness (QED) is 0.180. The minimum Gasteiger partial charge on any atom is -0.478 e. The van der Waals surface area contributed by atoms with Gasteiger partial charge in [0.15, 0.2) is 18.2 Å². The minimum absolute atomic E-state index is 0.0677. The van der Waals surface area contributed by atoms with Crippen molar-refractivity contribution < 1.29 is 28.3 Å². The van der Waals surface area contributed by atoms with E-state index in [1.807, 2.05) is 49.1 Å². The zero-order valence-electron chi connectivity index (χ0n) is 35.7. The van der Waals surface area contributed by atoms with E-state index < -0.39 is 17.6 Å². The van der Waals surface area contributed by atoms with Crippen molar-refractivity contribution in [3.63, 3.8) is 0 Å². The number of hydrogen-bond acceptors (Lipinski definition) is 12. The highest BCUT2D eigenvalue weighted by Crippen LogP contribution is 2.46. The zero-order chi connectivity index (χ0) is 44.2. The number of likely N-dealkylation sites (N-methyl/N-ethyl adjacent to an activating group) is 1. The number of amides is 4. The second-order valence-electron chi connectivity index (χ2n) is 18.0. The van der Waals surface area contributed by atoms with Crippen molar-refractivity contribution in [1.82, 2.24) is 35.0 Å². The first kappa shape index (κ1) is 42.5. The number of carbonyl (C=O) groups excluding carboxylic acids is 4. The van der Waals surface area contributed by atoms with Crippen molar-refractivity contribution in [3.8, 4) is 5.75 Å². The number of likely N-dealkylation sites (tertiary alicyclic amines) is 1. The van der Waals surface area contributed by atoms with Gasteiger partial charge in [0.1, 0.15) is 16.7 Å². The molecule has 2 aromatic carbocycles. The van der Waals surface area contributed by atoms with Crippen LogP contribution >= 0.6 is 11.6 Å². The van der Waals surface area contributed by atoms with E-state index in [-0.39, 0.29) is 53.5 Å². The number of hydrogen-bond donors (Lipinski definition) is 3. The van der Waals surface area contributed by atoms with Gasteiger partial charge in [0, 0.05) is 105 Å². The number of nitrogens with zero attached hydrogens (tertiary/aromatic N) is 7. The van der Waals surface area contributed by atoms with Gasteiger partial charge in [-0.3, -0.25) is 29.3 Å². The number of anilines is 4. The molecule has 16 nitrogen and oxygen atoms in total. The number of aromatic nitrogens is 3. The lowest BCUT2D eigenvalue weighted by atomic mass is 9.71. The van der Waals surface area contributed by atoms with Gasteiger partial charge in [-0.15, -0.1) is 0 Å². The number of imide groups is 1. The molecule has 1 atom stereocenters. The Bertz CT molecular complexity index is 2550. The number of benzene rings is 2. The molecule has 2 aromatic heterocycles. The average Bonchev–Trinajstić information content (AvgIpc) is 3.59. The highest BCUT2D eigenvalue weighted by molar-refractivity contribution is 6.33. The summed E-state index contributed by atoms with van der Waals surface area (Å²) in [6, 6.07) is 12.1. The number of rotatable bonds is 11. The molecule has 18 heteroatoms. The minimum atomic E-state index is -1.34. The predicted octanol–water partition coefficient (Wildman–Crippen LogP) is 4.57. The standard InChI is InChI=1S/C45H52ClFN10O6/c1-27(2)57-33-8-7-29(19-28(33)20-36(42(57)62)63-23-38(59)48-3)50-39-32(46)21-49-43(52-39)54-17-13-45(47,14-18-54)26-53-15-11-44(12-16-53)24-55(25-44)34-6-4-5-30-31(34)22-56(41(30)61)35-9-10-37(58)51-40(35)60/h4-8,19-21,27,35H,9-18,22-26H2,1-3H3,(H,48,59)(H,49,50,52)(H,51,58,60). The van der Waals surface area contributed by atoms with E-state index in [0.29, 0.717) is 79.0 Å². The zero-order valence-corrected chi connectivity index (χ0v) is 36.5. The third-order valence-electron chi connectivity index (χ3n) is 13.5. The molecule has 3 N–H and O–H groups in total. The summed E-state index contributed by atoms with van der Waals surface area (Å²) in [5.74, 6) is -0.314. The number of piperidine rings is 3. The second-order valence-corrected chi connectivity index (χ2v) is 18.4. The first-order valence-electron chi connectivity index (χ1n) is 21.7. The molecule has 1 unspecified atom stereocenters. The van der Waals surface area contributed by atoms with Gasteiger partial charge in [0.2, 0.25) is 17.8 Å². The molecule has 0 aliphatic carbocycles. The lowest BCUT2D eigenvalue weighted by Crippen LogP contribution is -2.61. The lowest BCUT2D eigenvalue weighted by Gasteiger charge is -2.56. The van der Waals surface area contributed by atoms with Gasteiger partial charge in [-0.1, -0.05) is 17.7 Å². The van der Waals surface area contributed by atoms with Gasteiger partial charge in [-0.2, -0.15) is 4.98 Å². The van der Waals surface area contributed by atoms with E-state index in [4.69, 9.17) is 21.3 Å². The molecule has 0 bridgehead atoms. The van der Waals surface area contributed by atoms with Gasteiger partial charge in [0.05, 0.1) is 11.7 Å². The molecule has 332 valence electrons. The van der Waals surface area contributed by atoms with Crippen LogP contribution in [-0.2, 0) is 20.9 Å². The smallest absolute Gasteiger partial charge is 0.293 e. The highest BCUT2D eigenvalue weighted by Gasteiger charge is 2.48. The van der Waals surface area contributed by atoms with Crippen LogP contribution in [0, 0.1) is 5.41 Å². The maximum atomic E-state index is 16.5. The third-order valence-corrected chi connectivity index (χ3v) is 13.7. The fourth-order valence-corrected chi connectivity index (χ4v) is 10.1. The van der Waals surface area contributed by atoms with Crippen molar-refractivity contribution in [2.24, 2.45) is 5.41 Å². The Morgan fingerprint density at radius 3 is 2.49 bits per heavy atom. The first-order valence-corrected chi connectivity index (χ1v) is 22.1. The summed E-state index contributed by atoms with van der Waals surface area (Å²) in [7, 11) is 1.50. The fourth-order valence-electron chi connectivity index (χ4n) is 9.93. The summed E-state index contributed by atoms with van der Waals surface area (Å²) in [6.45, 7) is 8.55. The Labute approximate surface area is 369 Å². The Morgan fingerprint density at radius 2 is 1.78 bits per heavy atom. The van der Waals surface area contributed by atoms with Gasteiger partial charge >= 0.3 is 0 Å². The maximum Gasteiger partial charge on any atom is 0.293 e. The molecular formula is C45H52ClFN10O6. The molecule has 5 aliphatic rings. The lowest BCUT2D eigenvalue weighted by molar-refractivity contribution is -0.137. The molecule has 0 radical (unpaired) electrons. The number of fused-ring (bicyclic) bond motifs is 2. The maximum absolute atomic E-state index is 16.5. The number of alkyl halides is 1. The van der Waals surface area contributed by atoms with Crippen molar-refractivity contribution >= 4 is 69.3 Å². The number of halogens is 2. The van der Waals surface area contributed by atoms with Gasteiger partial charge in [-0.05, 0) is 82.6 Å². The van der Waals surface area contributed by atoms with Crippen LogP contribution in [0.5, 0.6) is 5.75 Å². The summed E-state index contributed by atoms with van der Waals surface area (Å²) in [5.41, 5.74) is 2.44. The predicted molar refractivity (Wildman–Crippen MR) is 237 cm³/mol. The Morgan fingerprint density at radius 1 is 1.02 bits per heavy atom. The number of carbonyl (C=O) groups is 4. The summed E-state index contributed by atoms with van der Waals surface area (Å²) >= 11 is 6.58. The molecule has 4 saturated heterocycles. The van der Waals surface area contributed by atoms with E-state index in [2.05, 4.69) is 36.8 Å². The van der Waals surface area contributed by atoms with Crippen LogP contribution in [0.3, 0.4) is 0 Å². The van der Waals surface area contributed by atoms with E-state index in [1.165, 1.54) is 13.2 Å². The molecule has 4 amide bonds. The number of ether oxygens (including phenoxy) is 1. The van der Waals surface area contributed by atoms with E-state index in [9.17, 15) is 24.0 Å². The van der Waals surface area contributed by atoms with E-state index >= 15 is 4.39 Å². The molecule has 7 heterocycles. The van der Waals surface area contributed by atoms with Crippen LogP contribution in [-0.4, -0.2) is 119 Å². The van der Waals surface area contributed by atoms with Crippen molar-refractivity contribution in [2.45, 2.75) is 76.7 Å². The van der Waals surface area contributed by atoms with Crippen molar-refractivity contribution in [3.05, 3.63) is 75.2 Å². The molecule has 1 spiro atoms. The average molecular weight is 883 g/mol. The highest BCUT2D eigenvalue weighted by atomic mass is 35.5. The molecule has 5 aliphatic heterocycles. The first-order chi connectivity index (χ1) is 30.2. The molecule has 4 aromatic rings. The molecule has 0 saturated carbocycles. The summed E-state index contributed by atoms with van der Waals surface area (Å²) in [6.07, 6.45) is 4.72. The third kappa shape index (κ3) is 8.28. The SMILES string of the molecule is CNC(=O)COc1cc2cc(Nc3nc(N4CCC(F)(CN5CCC6(CC5)CN(c5cccc7c5CN(C5CCC(=O)NC5=O)C7=O)C6)CC4)ncc3Cl)ccc2n(C(C)C)c1=O. The second kappa shape index (κ2) is 16.7. The van der Waals surface area contributed by atoms with Crippen LogP contribution in [0.4, 0.5) is 27.5 Å². The molecule has 4 fully saturated rings. The van der Waals surface area contributed by atoms with E-state index in [0.717, 1.165) is 55.7 Å². The monoisotopic (exact) mass is 882 g/mol. The summed E-state index contributed by atoms with van der Waals surface area (Å²) < 4.78 is 23.7. The van der Waals surface area contributed by atoms with Gasteiger partial charge in [0.25, 0.3) is 17.4 Å².